The molecular formula is C24H21N3O5. The van der Waals surface area contributed by atoms with Gasteiger partial charge in [0.1, 0.15) is 11.4 Å². The SMILES string of the molecule is O=C(NC1CC1C(=O)O)c1cc(O)c(C(=O)NC(c2ccccc2)c2ccccc2)cn1. The molecule has 2 amide bonds. The lowest BCUT2D eigenvalue weighted by Crippen LogP contribution is -2.30. The van der Waals surface area contributed by atoms with Crippen LogP contribution in [0.3, 0.4) is 0 Å². The summed E-state index contributed by atoms with van der Waals surface area (Å²) in [6.07, 6.45) is 1.49. The van der Waals surface area contributed by atoms with Gasteiger partial charge < -0.3 is 20.8 Å². The fourth-order valence-electron chi connectivity index (χ4n) is 3.47. The number of rotatable bonds is 7. The molecule has 1 heterocycles. The maximum atomic E-state index is 12.9. The first kappa shape index (κ1) is 21.0. The summed E-state index contributed by atoms with van der Waals surface area (Å²) in [6.45, 7) is 0. The molecule has 1 aromatic heterocycles. The van der Waals surface area contributed by atoms with Gasteiger partial charge in [-0.05, 0) is 17.5 Å². The molecule has 2 unspecified atom stereocenters. The van der Waals surface area contributed by atoms with Gasteiger partial charge in [-0.15, -0.1) is 0 Å². The molecule has 3 aromatic rings. The lowest BCUT2D eigenvalue weighted by molar-refractivity contribution is -0.138. The van der Waals surface area contributed by atoms with E-state index in [4.69, 9.17) is 5.11 Å². The first-order valence-electron chi connectivity index (χ1n) is 10.1. The van der Waals surface area contributed by atoms with Gasteiger partial charge >= 0.3 is 5.97 Å². The Morgan fingerprint density at radius 2 is 1.53 bits per heavy atom. The highest BCUT2D eigenvalue weighted by Crippen LogP contribution is 2.31. The number of amides is 2. The second kappa shape index (κ2) is 8.89. The van der Waals surface area contributed by atoms with E-state index in [9.17, 15) is 19.5 Å². The van der Waals surface area contributed by atoms with E-state index in [0.717, 1.165) is 23.4 Å². The van der Waals surface area contributed by atoms with Crippen LogP contribution < -0.4 is 10.6 Å². The van der Waals surface area contributed by atoms with Gasteiger partial charge in [0.05, 0.1) is 17.5 Å². The average molecular weight is 431 g/mol. The molecule has 8 heteroatoms. The molecule has 1 aliphatic rings. The van der Waals surface area contributed by atoms with Crippen LogP contribution in [-0.4, -0.2) is 39.0 Å². The highest BCUT2D eigenvalue weighted by atomic mass is 16.4. The van der Waals surface area contributed by atoms with Gasteiger partial charge in [-0.3, -0.25) is 14.4 Å². The molecule has 162 valence electrons. The summed E-state index contributed by atoms with van der Waals surface area (Å²) in [5, 5.41) is 24.8. The molecule has 1 saturated carbocycles. The summed E-state index contributed by atoms with van der Waals surface area (Å²) in [7, 11) is 0. The third-order valence-electron chi connectivity index (χ3n) is 5.32. The summed E-state index contributed by atoms with van der Waals surface area (Å²) in [6, 6.07) is 19.0. The Balaban J connectivity index is 1.51. The summed E-state index contributed by atoms with van der Waals surface area (Å²) in [5.41, 5.74) is 1.56. The van der Waals surface area contributed by atoms with Gasteiger partial charge in [0.25, 0.3) is 11.8 Å². The standard InChI is InChI=1S/C24H21N3O5/c28-20-12-19(23(30)26-18-11-16(18)24(31)32)25-13-17(20)22(29)27-21(14-7-3-1-4-8-14)15-9-5-2-6-10-15/h1-10,12-13,16,18,21H,11H2,(H,25,28)(H,26,30)(H,27,29)(H,31,32). The van der Waals surface area contributed by atoms with Crippen molar-refractivity contribution in [3.05, 3.63) is 95.3 Å². The summed E-state index contributed by atoms with van der Waals surface area (Å²) in [4.78, 5) is 40.1. The van der Waals surface area contributed by atoms with Crippen LogP contribution in [0.2, 0.25) is 0 Å². The predicted octanol–water partition coefficient (Wildman–Crippen LogP) is 2.51. The second-order valence-electron chi connectivity index (χ2n) is 7.57. The predicted molar refractivity (Wildman–Crippen MR) is 115 cm³/mol. The Morgan fingerprint density at radius 1 is 0.938 bits per heavy atom. The molecule has 32 heavy (non-hydrogen) atoms. The van der Waals surface area contributed by atoms with Gasteiger partial charge in [0.2, 0.25) is 0 Å². The number of aliphatic carboxylic acids is 1. The minimum atomic E-state index is -0.968. The second-order valence-corrected chi connectivity index (χ2v) is 7.57. The number of nitrogens with one attached hydrogen (secondary N) is 2. The fraction of sp³-hybridized carbons (Fsp3) is 0.167. The number of carboxylic acids is 1. The van der Waals surface area contributed by atoms with Gasteiger partial charge in [-0.2, -0.15) is 0 Å². The first-order valence-corrected chi connectivity index (χ1v) is 10.1. The van der Waals surface area contributed by atoms with Crippen molar-refractivity contribution in [3.8, 4) is 5.75 Å². The van der Waals surface area contributed by atoms with Gasteiger partial charge in [0.15, 0.2) is 0 Å². The monoisotopic (exact) mass is 431 g/mol. The number of nitrogens with zero attached hydrogens (tertiary/aromatic N) is 1. The zero-order valence-corrected chi connectivity index (χ0v) is 16.9. The van der Waals surface area contributed by atoms with E-state index in [0.29, 0.717) is 6.42 Å². The molecule has 0 saturated heterocycles. The van der Waals surface area contributed by atoms with Crippen molar-refractivity contribution in [2.75, 3.05) is 0 Å². The zero-order valence-electron chi connectivity index (χ0n) is 16.9. The largest absolute Gasteiger partial charge is 0.507 e. The van der Waals surface area contributed by atoms with Crippen molar-refractivity contribution in [1.82, 2.24) is 15.6 Å². The van der Waals surface area contributed by atoms with Crippen LogP contribution in [0.5, 0.6) is 5.75 Å². The van der Waals surface area contributed by atoms with Crippen molar-refractivity contribution in [2.24, 2.45) is 5.92 Å². The first-order chi connectivity index (χ1) is 15.4. The quantitative estimate of drug-likeness (QED) is 0.455. The number of aromatic hydroxyl groups is 1. The maximum absolute atomic E-state index is 12.9. The minimum absolute atomic E-state index is 0.0757. The molecular weight excluding hydrogens is 410 g/mol. The van der Waals surface area contributed by atoms with Crippen LogP contribution in [0.4, 0.5) is 0 Å². The Kier molecular flexibility index (Phi) is 5.85. The van der Waals surface area contributed by atoms with E-state index in [2.05, 4.69) is 15.6 Å². The van der Waals surface area contributed by atoms with Crippen LogP contribution in [0.1, 0.15) is 44.4 Å². The van der Waals surface area contributed by atoms with E-state index in [1.807, 2.05) is 60.7 Å². The number of carboxylic acid groups (broad SMARTS) is 1. The van der Waals surface area contributed by atoms with E-state index in [1.165, 1.54) is 0 Å². The lowest BCUT2D eigenvalue weighted by atomic mass is 9.98. The van der Waals surface area contributed by atoms with Gasteiger partial charge in [-0.25, -0.2) is 4.98 Å². The number of pyridine rings is 1. The summed E-state index contributed by atoms with van der Waals surface area (Å²) in [5.74, 6) is -3.12. The Bertz CT molecular complexity index is 1110. The van der Waals surface area contributed by atoms with Crippen molar-refractivity contribution in [1.29, 1.82) is 0 Å². The normalized spacial score (nSPS) is 16.9. The Morgan fingerprint density at radius 3 is 2.03 bits per heavy atom. The number of carbonyl (C=O) groups is 3. The van der Waals surface area contributed by atoms with Crippen molar-refractivity contribution < 1.29 is 24.6 Å². The Labute approximate surface area is 183 Å². The van der Waals surface area contributed by atoms with Crippen LogP contribution in [0, 0.1) is 5.92 Å². The van der Waals surface area contributed by atoms with E-state index in [1.54, 1.807) is 0 Å². The van der Waals surface area contributed by atoms with E-state index >= 15 is 0 Å². The van der Waals surface area contributed by atoms with Crippen molar-refractivity contribution in [2.45, 2.75) is 18.5 Å². The summed E-state index contributed by atoms with van der Waals surface area (Å²) < 4.78 is 0. The maximum Gasteiger partial charge on any atom is 0.308 e. The third-order valence-corrected chi connectivity index (χ3v) is 5.32. The molecule has 1 fully saturated rings. The number of hydrogen-bond donors (Lipinski definition) is 4. The van der Waals surface area contributed by atoms with Crippen LogP contribution in [-0.2, 0) is 4.79 Å². The molecule has 2 atom stereocenters. The van der Waals surface area contributed by atoms with Crippen LogP contribution in [0.15, 0.2) is 72.9 Å². The lowest BCUT2D eigenvalue weighted by Gasteiger charge is -2.20. The highest BCUT2D eigenvalue weighted by molar-refractivity contribution is 5.99. The molecule has 8 nitrogen and oxygen atoms in total. The van der Waals surface area contributed by atoms with Crippen LogP contribution >= 0.6 is 0 Å². The molecule has 2 aromatic carbocycles. The molecule has 0 radical (unpaired) electrons. The fourth-order valence-corrected chi connectivity index (χ4v) is 3.47. The number of aromatic nitrogens is 1. The molecule has 0 aliphatic heterocycles. The third kappa shape index (κ3) is 4.59. The highest BCUT2D eigenvalue weighted by Gasteiger charge is 2.44. The molecule has 0 bridgehead atoms. The topological polar surface area (TPSA) is 129 Å². The van der Waals surface area contributed by atoms with Gasteiger partial charge in [-0.1, -0.05) is 60.7 Å². The Hall–Kier alpha value is -4.20. The molecule has 1 aliphatic carbocycles. The molecule has 0 spiro atoms. The smallest absolute Gasteiger partial charge is 0.308 e. The van der Waals surface area contributed by atoms with Crippen LogP contribution in [0.25, 0.3) is 0 Å². The average Bonchev–Trinajstić information content (AvgIpc) is 3.58. The zero-order chi connectivity index (χ0) is 22.7. The summed E-state index contributed by atoms with van der Waals surface area (Å²) >= 11 is 0. The van der Waals surface area contributed by atoms with Crippen molar-refractivity contribution >= 4 is 17.8 Å². The number of hydrogen-bond acceptors (Lipinski definition) is 5. The molecule has 4 rings (SSSR count). The van der Waals surface area contributed by atoms with Gasteiger partial charge in [0, 0.05) is 18.3 Å². The van der Waals surface area contributed by atoms with E-state index in [-0.39, 0.29) is 11.3 Å². The minimum Gasteiger partial charge on any atom is -0.507 e. The van der Waals surface area contributed by atoms with E-state index < -0.39 is 41.5 Å². The molecule has 4 N–H and O–H groups in total. The number of carbonyl (C=O) groups excluding carboxylic acids is 2. The number of benzene rings is 2. The van der Waals surface area contributed by atoms with Crippen molar-refractivity contribution in [3.63, 3.8) is 0 Å².